The highest BCUT2D eigenvalue weighted by molar-refractivity contribution is 5.95. The van der Waals surface area contributed by atoms with Crippen molar-refractivity contribution in [2.24, 2.45) is 11.7 Å². The molecule has 1 fully saturated rings. The zero-order valence-corrected chi connectivity index (χ0v) is 11.9. The molecule has 0 spiro atoms. The van der Waals surface area contributed by atoms with E-state index in [2.05, 4.69) is 17.2 Å². The second-order valence-electron chi connectivity index (χ2n) is 5.08. The molecule has 0 aromatic heterocycles. The fourth-order valence-electron chi connectivity index (χ4n) is 2.27. The highest BCUT2D eigenvalue weighted by atomic mass is 16.5. The van der Waals surface area contributed by atoms with Crippen LogP contribution in [0.15, 0.2) is 18.2 Å². The van der Waals surface area contributed by atoms with Crippen molar-refractivity contribution >= 4 is 11.6 Å². The van der Waals surface area contributed by atoms with E-state index in [1.54, 1.807) is 0 Å². The predicted molar refractivity (Wildman–Crippen MR) is 79.3 cm³/mol. The fourth-order valence-corrected chi connectivity index (χ4v) is 2.27. The summed E-state index contributed by atoms with van der Waals surface area (Å²) >= 11 is 0. The lowest BCUT2D eigenvalue weighted by atomic mass is 10.0. The van der Waals surface area contributed by atoms with E-state index in [-0.39, 0.29) is 17.9 Å². The normalized spacial score (nSPS) is 21.1. The molecule has 0 radical (unpaired) electrons. The monoisotopic (exact) mass is 272 g/mol. The number of aryl methyl sites for hydroxylation is 1. The molecule has 2 rings (SSSR count). The zero-order chi connectivity index (χ0) is 14.5. The van der Waals surface area contributed by atoms with E-state index >= 15 is 0 Å². The molecule has 4 heteroatoms. The Morgan fingerprint density at radius 1 is 1.55 bits per heavy atom. The Bertz CT molecular complexity index is 557. The Hall–Kier alpha value is -1.83. The maximum atomic E-state index is 12.2. The first-order chi connectivity index (χ1) is 9.61. The Kier molecular flexibility index (Phi) is 4.78. The second-order valence-corrected chi connectivity index (χ2v) is 5.08. The molecule has 4 nitrogen and oxygen atoms in total. The maximum Gasteiger partial charge on any atom is 0.253 e. The van der Waals surface area contributed by atoms with E-state index in [1.165, 1.54) is 0 Å². The van der Waals surface area contributed by atoms with Gasteiger partial charge in [0.2, 0.25) is 0 Å². The largest absolute Gasteiger partial charge is 0.368 e. The van der Waals surface area contributed by atoms with Crippen molar-refractivity contribution in [2.45, 2.75) is 26.4 Å². The number of ether oxygens (including phenoxy) is 1. The highest BCUT2D eigenvalue weighted by Gasteiger charge is 2.30. The van der Waals surface area contributed by atoms with Gasteiger partial charge in [0, 0.05) is 17.9 Å². The lowest BCUT2D eigenvalue weighted by Gasteiger charge is -2.15. The summed E-state index contributed by atoms with van der Waals surface area (Å²) in [5.41, 5.74) is 8.03. The first-order valence-electron chi connectivity index (χ1n) is 6.84. The van der Waals surface area contributed by atoms with Crippen molar-refractivity contribution in [3.05, 3.63) is 29.3 Å². The zero-order valence-electron chi connectivity index (χ0n) is 11.9. The van der Waals surface area contributed by atoms with E-state index in [4.69, 9.17) is 10.5 Å². The van der Waals surface area contributed by atoms with E-state index in [1.807, 2.05) is 32.0 Å². The summed E-state index contributed by atoms with van der Waals surface area (Å²) in [5, 5.41) is 2.93. The van der Waals surface area contributed by atoms with Crippen LogP contribution >= 0.6 is 0 Å². The van der Waals surface area contributed by atoms with Gasteiger partial charge in [-0.3, -0.25) is 4.79 Å². The molecule has 2 unspecified atom stereocenters. The molecule has 2 atom stereocenters. The minimum absolute atomic E-state index is 0.0705. The number of carbonyl (C=O) groups is 1. The molecule has 0 bridgehead atoms. The summed E-state index contributed by atoms with van der Waals surface area (Å²) in [6, 6.07) is 5.69. The van der Waals surface area contributed by atoms with Gasteiger partial charge in [0.1, 0.15) is 6.10 Å². The third-order valence-corrected chi connectivity index (χ3v) is 3.46. The minimum Gasteiger partial charge on any atom is -0.368 e. The third kappa shape index (κ3) is 3.38. The number of nitrogens with one attached hydrogen (secondary N) is 1. The number of anilines is 1. The third-order valence-electron chi connectivity index (χ3n) is 3.46. The molecule has 1 aliphatic heterocycles. The van der Waals surface area contributed by atoms with Crippen molar-refractivity contribution in [3.8, 4) is 11.8 Å². The lowest BCUT2D eigenvalue weighted by molar-refractivity contribution is -0.126. The number of carbonyl (C=O) groups excluding carboxylic acids is 1. The van der Waals surface area contributed by atoms with Crippen LogP contribution in [-0.4, -0.2) is 25.2 Å². The van der Waals surface area contributed by atoms with Gasteiger partial charge in [-0.05, 0) is 43.0 Å². The van der Waals surface area contributed by atoms with Crippen molar-refractivity contribution in [1.82, 2.24) is 0 Å². The molecule has 1 amide bonds. The molecular formula is C16H20N2O2. The average Bonchev–Trinajstić information content (AvgIpc) is 2.85. The summed E-state index contributed by atoms with van der Waals surface area (Å²) in [7, 11) is 0. The van der Waals surface area contributed by atoms with Crippen molar-refractivity contribution in [1.29, 1.82) is 0 Å². The number of rotatable bonds is 2. The van der Waals surface area contributed by atoms with Gasteiger partial charge in [-0.1, -0.05) is 18.8 Å². The number of hydrogen-bond acceptors (Lipinski definition) is 3. The molecule has 20 heavy (non-hydrogen) atoms. The number of benzene rings is 1. The van der Waals surface area contributed by atoms with Gasteiger partial charge in [0.05, 0.1) is 6.54 Å². The highest BCUT2D eigenvalue weighted by Crippen LogP contribution is 2.23. The fraction of sp³-hybridized carbons (Fsp3) is 0.438. The van der Waals surface area contributed by atoms with E-state index in [0.29, 0.717) is 13.2 Å². The van der Waals surface area contributed by atoms with Crippen LogP contribution in [0.5, 0.6) is 0 Å². The van der Waals surface area contributed by atoms with E-state index in [9.17, 15) is 4.79 Å². The van der Waals surface area contributed by atoms with Crippen LogP contribution in [-0.2, 0) is 9.53 Å². The molecule has 1 heterocycles. The minimum atomic E-state index is -0.342. The Morgan fingerprint density at radius 2 is 2.35 bits per heavy atom. The molecule has 106 valence electrons. The number of amides is 1. The maximum absolute atomic E-state index is 12.2. The molecule has 3 N–H and O–H groups in total. The number of hydrogen-bond donors (Lipinski definition) is 2. The first-order valence-corrected chi connectivity index (χ1v) is 6.84. The van der Waals surface area contributed by atoms with Crippen LogP contribution in [0.25, 0.3) is 0 Å². The van der Waals surface area contributed by atoms with Crippen LogP contribution in [0.2, 0.25) is 0 Å². The van der Waals surface area contributed by atoms with Crippen LogP contribution in [0, 0.1) is 24.7 Å². The van der Waals surface area contributed by atoms with Crippen LogP contribution in [0.3, 0.4) is 0 Å². The first kappa shape index (κ1) is 14.6. The topological polar surface area (TPSA) is 64.3 Å². The molecular weight excluding hydrogens is 252 g/mol. The predicted octanol–water partition coefficient (Wildman–Crippen LogP) is 1.67. The van der Waals surface area contributed by atoms with Gasteiger partial charge >= 0.3 is 0 Å². The SMILES string of the molecule is Cc1cc(C#CCN)ccc1NC(=O)C1OCCC1C. The smallest absolute Gasteiger partial charge is 0.253 e. The average molecular weight is 272 g/mol. The Balaban J connectivity index is 2.08. The van der Waals surface area contributed by atoms with Crippen molar-refractivity contribution in [3.63, 3.8) is 0 Å². The second kappa shape index (κ2) is 6.56. The summed E-state index contributed by atoms with van der Waals surface area (Å²) < 4.78 is 5.47. The Labute approximate surface area is 119 Å². The standard InChI is InChI=1S/C16H20N2O2/c1-11-7-9-20-15(11)16(19)18-14-6-5-13(4-3-8-17)10-12(14)2/h5-6,10-11,15H,7-9,17H2,1-2H3,(H,18,19). The summed E-state index contributed by atoms with van der Waals surface area (Å²) in [4.78, 5) is 12.2. The van der Waals surface area contributed by atoms with E-state index in [0.717, 1.165) is 23.2 Å². The quantitative estimate of drug-likeness (QED) is 0.805. The summed E-state index contributed by atoms with van der Waals surface area (Å²) in [6.45, 7) is 4.98. The van der Waals surface area contributed by atoms with Crippen molar-refractivity contribution in [2.75, 3.05) is 18.5 Å². The van der Waals surface area contributed by atoms with Gasteiger partial charge in [-0.2, -0.15) is 0 Å². The molecule has 1 aliphatic rings. The van der Waals surface area contributed by atoms with Crippen LogP contribution in [0.1, 0.15) is 24.5 Å². The van der Waals surface area contributed by atoms with Gasteiger partial charge in [0.15, 0.2) is 0 Å². The summed E-state index contributed by atoms with van der Waals surface area (Å²) in [5.74, 6) is 5.99. The molecule has 0 saturated carbocycles. The number of nitrogens with two attached hydrogens (primary N) is 1. The van der Waals surface area contributed by atoms with Crippen LogP contribution < -0.4 is 11.1 Å². The molecule has 0 aliphatic carbocycles. The van der Waals surface area contributed by atoms with Crippen molar-refractivity contribution < 1.29 is 9.53 Å². The summed E-state index contributed by atoms with van der Waals surface area (Å²) in [6.07, 6.45) is 0.594. The van der Waals surface area contributed by atoms with Gasteiger partial charge < -0.3 is 15.8 Å². The Morgan fingerprint density at radius 3 is 2.95 bits per heavy atom. The molecule has 1 aromatic carbocycles. The van der Waals surface area contributed by atoms with Gasteiger partial charge in [-0.15, -0.1) is 0 Å². The van der Waals surface area contributed by atoms with Gasteiger partial charge in [0.25, 0.3) is 5.91 Å². The molecule has 1 saturated heterocycles. The molecule has 1 aromatic rings. The van der Waals surface area contributed by atoms with Crippen LogP contribution in [0.4, 0.5) is 5.69 Å². The lowest BCUT2D eigenvalue weighted by Crippen LogP contribution is -2.31. The van der Waals surface area contributed by atoms with Gasteiger partial charge in [-0.25, -0.2) is 0 Å². The van der Waals surface area contributed by atoms with E-state index < -0.39 is 0 Å².